The minimum absolute atomic E-state index is 0.00747. The Balaban J connectivity index is 1.79. The Labute approximate surface area is 134 Å². The van der Waals surface area contributed by atoms with E-state index in [1.165, 1.54) is 32.1 Å². The van der Waals surface area contributed by atoms with Gasteiger partial charge in [-0.3, -0.25) is 4.79 Å². The van der Waals surface area contributed by atoms with Crippen LogP contribution in [0.2, 0.25) is 10.0 Å². The van der Waals surface area contributed by atoms with Crippen LogP contribution in [-0.4, -0.2) is 19.1 Å². The lowest BCUT2D eigenvalue weighted by Gasteiger charge is -2.21. The monoisotopic (exact) mass is 330 g/mol. The Kier molecular flexibility index (Phi) is 6.15. The number of nitrogens with one attached hydrogen (secondary N) is 1. The molecule has 1 saturated carbocycles. The molecule has 0 spiro atoms. The fourth-order valence-electron chi connectivity index (χ4n) is 2.56. The van der Waals surface area contributed by atoms with Gasteiger partial charge in [0.05, 0.1) is 22.3 Å². The van der Waals surface area contributed by atoms with E-state index in [2.05, 4.69) is 5.32 Å². The van der Waals surface area contributed by atoms with Gasteiger partial charge in [0.2, 0.25) is 5.91 Å². The second-order valence-electron chi connectivity index (χ2n) is 5.43. The number of hydrogen-bond acceptors (Lipinski definition) is 3. The number of rotatable bonds is 5. The molecule has 1 aromatic rings. The van der Waals surface area contributed by atoms with E-state index in [0.29, 0.717) is 33.9 Å². The first-order valence-corrected chi connectivity index (χ1v) is 7.94. The fraction of sp³-hybridized carbons (Fsp3) is 0.533. The normalized spacial score (nSPS) is 15.9. The Morgan fingerprint density at radius 3 is 2.48 bits per heavy atom. The molecule has 1 aliphatic rings. The molecule has 4 nitrogen and oxygen atoms in total. The van der Waals surface area contributed by atoms with E-state index < -0.39 is 0 Å². The second kappa shape index (κ2) is 7.87. The van der Waals surface area contributed by atoms with Gasteiger partial charge in [-0.05, 0) is 30.9 Å². The van der Waals surface area contributed by atoms with Gasteiger partial charge in [-0.15, -0.1) is 0 Å². The highest BCUT2D eigenvalue weighted by Crippen LogP contribution is 2.32. The van der Waals surface area contributed by atoms with Gasteiger partial charge in [0, 0.05) is 5.69 Å². The van der Waals surface area contributed by atoms with Crippen LogP contribution in [0.15, 0.2) is 12.1 Å². The van der Waals surface area contributed by atoms with Gasteiger partial charge in [-0.1, -0.05) is 42.5 Å². The molecule has 1 fully saturated rings. The maximum atomic E-state index is 11.9. The maximum Gasteiger partial charge on any atom is 0.250 e. The molecule has 2 rings (SSSR count). The summed E-state index contributed by atoms with van der Waals surface area (Å²) >= 11 is 12.0. The van der Waals surface area contributed by atoms with Crippen molar-refractivity contribution >= 4 is 40.5 Å². The summed E-state index contributed by atoms with van der Waals surface area (Å²) < 4.78 is 5.49. The van der Waals surface area contributed by atoms with Crippen molar-refractivity contribution in [1.29, 1.82) is 0 Å². The lowest BCUT2D eigenvalue weighted by atomic mass is 9.90. The predicted molar refractivity (Wildman–Crippen MR) is 86.9 cm³/mol. The molecular weight excluding hydrogens is 311 g/mol. The number of carbonyl (C=O) groups is 1. The number of hydrogen-bond donors (Lipinski definition) is 2. The van der Waals surface area contributed by atoms with Crippen molar-refractivity contribution in [3.63, 3.8) is 0 Å². The number of nitrogens with two attached hydrogens (primary N) is 1. The summed E-state index contributed by atoms with van der Waals surface area (Å²) in [5, 5.41) is 3.30. The van der Waals surface area contributed by atoms with Gasteiger partial charge in [0.15, 0.2) is 0 Å². The molecule has 0 heterocycles. The Bertz CT molecular complexity index is 479. The summed E-state index contributed by atoms with van der Waals surface area (Å²) in [6, 6.07) is 3.10. The molecule has 0 bridgehead atoms. The van der Waals surface area contributed by atoms with E-state index >= 15 is 0 Å². The smallest absolute Gasteiger partial charge is 0.250 e. The molecule has 21 heavy (non-hydrogen) atoms. The Morgan fingerprint density at radius 1 is 1.24 bits per heavy atom. The molecule has 0 saturated heterocycles. The predicted octanol–water partition coefficient (Wildman–Crippen LogP) is 4.11. The Hall–Kier alpha value is -0.970. The van der Waals surface area contributed by atoms with E-state index in [-0.39, 0.29) is 12.5 Å². The number of carbonyl (C=O) groups excluding carboxylic acids is 1. The van der Waals surface area contributed by atoms with E-state index in [4.69, 9.17) is 33.7 Å². The molecule has 1 aliphatic carbocycles. The summed E-state index contributed by atoms with van der Waals surface area (Å²) in [5.74, 6) is 0.314. The molecule has 3 N–H and O–H groups in total. The highest BCUT2D eigenvalue weighted by Gasteiger charge is 2.15. The van der Waals surface area contributed by atoms with Crippen LogP contribution in [0, 0.1) is 5.92 Å². The summed E-state index contributed by atoms with van der Waals surface area (Å²) in [6.45, 7) is 0.643. The number of halogens is 2. The first-order chi connectivity index (χ1) is 10.1. The zero-order valence-electron chi connectivity index (χ0n) is 11.8. The first kappa shape index (κ1) is 16.4. The molecule has 1 aromatic carbocycles. The van der Waals surface area contributed by atoms with Crippen molar-refractivity contribution < 1.29 is 9.53 Å². The van der Waals surface area contributed by atoms with Gasteiger partial charge < -0.3 is 15.8 Å². The first-order valence-electron chi connectivity index (χ1n) is 7.18. The van der Waals surface area contributed by atoms with Crippen molar-refractivity contribution in [3.05, 3.63) is 22.2 Å². The fourth-order valence-corrected chi connectivity index (χ4v) is 3.16. The number of nitrogen functional groups attached to an aromatic ring is 1. The van der Waals surface area contributed by atoms with Gasteiger partial charge in [0.1, 0.15) is 6.61 Å². The third kappa shape index (κ3) is 5.06. The third-order valence-corrected chi connectivity index (χ3v) is 4.24. The van der Waals surface area contributed by atoms with Crippen LogP contribution in [0.3, 0.4) is 0 Å². The molecule has 1 amide bonds. The number of anilines is 2. The second-order valence-corrected chi connectivity index (χ2v) is 6.24. The summed E-state index contributed by atoms with van der Waals surface area (Å²) in [5.41, 5.74) is 6.44. The molecule has 0 radical (unpaired) electrons. The van der Waals surface area contributed by atoms with Crippen molar-refractivity contribution in [3.8, 4) is 0 Å². The molecule has 0 aromatic heterocycles. The van der Waals surface area contributed by atoms with Crippen molar-refractivity contribution in [2.45, 2.75) is 32.1 Å². The molecule has 0 atom stereocenters. The van der Waals surface area contributed by atoms with Crippen LogP contribution < -0.4 is 11.1 Å². The SMILES string of the molecule is Nc1cc(Cl)c(NC(=O)COCC2CCCCC2)c(Cl)c1. The van der Waals surface area contributed by atoms with Crippen LogP contribution in [0.5, 0.6) is 0 Å². The number of ether oxygens (including phenoxy) is 1. The maximum absolute atomic E-state index is 11.9. The summed E-state index contributed by atoms with van der Waals surface area (Å²) in [7, 11) is 0. The number of benzene rings is 1. The molecule has 116 valence electrons. The molecule has 0 aliphatic heterocycles. The van der Waals surface area contributed by atoms with Crippen LogP contribution in [0.25, 0.3) is 0 Å². The van der Waals surface area contributed by atoms with Crippen molar-refractivity contribution in [2.24, 2.45) is 5.92 Å². The number of amides is 1. The molecule has 0 unspecified atom stereocenters. The van der Waals surface area contributed by atoms with Gasteiger partial charge in [-0.25, -0.2) is 0 Å². The Morgan fingerprint density at radius 2 is 1.86 bits per heavy atom. The lowest BCUT2D eigenvalue weighted by Crippen LogP contribution is -2.22. The third-order valence-electron chi connectivity index (χ3n) is 3.64. The van der Waals surface area contributed by atoms with Crippen LogP contribution >= 0.6 is 23.2 Å². The zero-order valence-corrected chi connectivity index (χ0v) is 13.3. The summed E-state index contributed by atoms with van der Waals surface area (Å²) in [6.07, 6.45) is 6.22. The average Bonchev–Trinajstić information content (AvgIpc) is 2.44. The van der Waals surface area contributed by atoms with E-state index in [0.717, 1.165) is 0 Å². The standard InChI is InChI=1S/C15H20Cl2N2O2/c16-12-6-11(18)7-13(17)15(12)19-14(20)9-21-8-10-4-2-1-3-5-10/h6-7,10H,1-5,8-9,18H2,(H,19,20). The van der Waals surface area contributed by atoms with Gasteiger partial charge in [-0.2, -0.15) is 0 Å². The van der Waals surface area contributed by atoms with Crippen molar-refractivity contribution in [1.82, 2.24) is 0 Å². The van der Waals surface area contributed by atoms with Crippen LogP contribution in [0.4, 0.5) is 11.4 Å². The van der Waals surface area contributed by atoms with E-state index in [1.807, 2.05) is 0 Å². The van der Waals surface area contributed by atoms with E-state index in [1.54, 1.807) is 12.1 Å². The van der Waals surface area contributed by atoms with Crippen LogP contribution in [0.1, 0.15) is 32.1 Å². The van der Waals surface area contributed by atoms with Crippen LogP contribution in [-0.2, 0) is 9.53 Å². The average molecular weight is 331 g/mol. The molecule has 6 heteroatoms. The lowest BCUT2D eigenvalue weighted by molar-refractivity contribution is -0.121. The quantitative estimate of drug-likeness (QED) is 0.798. The minimum atomic E-state index is -0.264. The highest BCUT2D eigenvalue weighted by atomic mass is 35.5. The zero-order chi connectivity index (χ0) is 15.2. The van der Waals surface area contributed by atoms with Gasteiger partial charge >= 0.3 is 0 Å². The van der Waals surface area contributed by atoms with Crippen molar-refractivity contribution in [2.75, 3.05) is 24.3 Å². The minimum Gasteiger partial charge on any atom is -0.399 e. The highest BCUT2D eigenvalue weighted by molar-refractivity contribution is 6.40. The summed E-state index contributed by atoms with van der Waals surface area (Å²) in [4.78, 5) is 11.9. The van der Waals surface area contributed by atoms with Gasteiger partial charge in [0.25, 0.3) is 0 Å². The topological polar surface area (TPSA) is 64.3 Å². The molecular formula is C15H20Cl2N2O2. The van der Waals surface area contributed by atoms with E-state index in [9.17, 15) is 4.79 Å². The largest absolute Gasteiger partial charge is 0.399 e.